The molecule has 1 amide bonds. The molecule has 4 heteroatoms. The second kappa shape index (κ2) is 7.48. The third-order valence-electron chi connectivity index (χ3n) is 3.19. The fourth-order valence-electron chi connectivity index (χ4n) is 1.37. The van der Waals surface area contributed by atoms with Gasteiger partial charge in [0.1, 0.15) is 0 Å². The molecule has 3 nitrogen and oxygen atoms in total. The van der Waals surface area contributed by atoms with Gasteiger partial charge in [-0.15, -0.1) is 11.8 Å². The SMILES string of the molecule is C/C(=N/NC(=O)CSCc1ccccc1C)C(C)(C)C. The van der Waals surface area contributed by atoms with Crippen molar-refractivity contribution in [1.29, 1.82) is 0 Å². The lowest BCUT2D eigenvalue weighted by atomic mass is 9.91. The number of amides is 1. The lowest BCUT2D eigenvalue weighted by Gasteiger charge is -2.17. The quantitative estimate of drug-likeness (QED) is 0.663. The van der Waals surface area contributed by atoms with E-state index in [1.54, 1.807) is 11.8 Å². The third-order valence-corrected chi connectivity index (χ3v) is 4.17. The van der Waals surface area contributed by atoms with E-state index < -0.39 is 0 Å². The molecule has 0 heterocycles. The summed E-state index contributed by atoms with van der Waals surface area (Å²) in [5.41, 5.74) is 6.07. The topological polar surface area (TPSA) is 41.5 Å². The summed E-state index contributed by atoms with van der Waals surface area (Å²) in [6.45, 7) is 10.2. The van der Waals surface area contributed by atoms with Crippen LogP contribution in [0.1, 0.15) is 38.8 Å². The Morgan fingerprint density at radius 1 is 1.30 bits per heavy atom. The van der Waals surface area contributed by atoms with Gasteiger partial charge in [0.25, 0.3) is 0 Å². The minimum atomic E-state index is -0.0489. The predicted molar refractivity (Wildman–Crippen MR) is 88.0 cm³/mol. The standard InChI is InChI=1S/C16H24N2OS/c1-12-8-6-7-9-14(12)10-20-11-15(19)18-17-13(2)16(3,4)5/h6-9H,10-11H2,1-5H3,(H,18,19)/b17-13-. The highest BCUT2D eigenvalue weighted by Crippen LogP contribution is 2.16. The van der Waals surface area contributed by atoms with Gasteiger partial charge in [-0.3, -0.25) is 4.79 Å². The molecule has 0 saturated heterocycles. The number of benzene rings is 1. The molecule has 0 saturated carbocycles. The molecule has 0 aliphatic heterocycles. The van der Waals surface area contributed by atoms with Crippen LogP contribution >= 0.6 is 11.8 Å². The zero-order valence-electron chi connectivity index (χ0n) is 13.0. The molecular weight excluding hydrogens is 268 g/mol. The molecule has 0 aromatic heterocycles. The maximum absolute atomic E-state index is 11.7. The minimum Gasteiger partial charge on any atom is -0.272 e. The second-order valence-corrected chi connectivity index (χ2v) is 6.89. The number of nitrogens with zero attached hydrogens (tertiary/aromatic N) is 1. The summed E-state index contributed by atoms with van der Waals surface area (Å²) in [5, 5.41) is 4.14. The van der Waals surface area contributed by atoms with Crippen molar-refractivity contribution in [3.05, 3.63) is 35.4 Å². The van der Waals surface area contributed by atoms with Crippen molar-refractivity contribution >= 4 is 23.4 Å². The average molecular weight is 292 g/mol. The monoisotopic (exact) mass is 292 g/mol. The van der Waals surface area contributed by atoms with Crippen molar-refractivity contribution in [3.8, 4) is 0 Å². The largest absolute Gasteiger partial charge is 0.272 e. The van der Waals surface area contributed by atoms with E-state index in [1.807, 2.05) is 19.1 Å². The van der Waals surface area contributed by atoms with E-state index in [4.69, 9.17) is 0 Å². The minimum absolute atomic E-state index is 0.0123. The maximum Gasteiger partial charge on any atom is 0.250 e. The fourth-order valence-corrected chi connectivity index (χ4v) is 2.27. The lowest BCUT2D eigenvalue weighted by Crippen LogP contribution is -2.25. The van der Waals surface area contributed by atoms with Gasteiger partial charge in [0, 0.05) is 16.9 Å². The number of hydrazone groups is 1. The summed E-state index contributed by atoms with van der Waals surface area (Å²) < 4.78 is 0. The van der Waals surface area contributed by atoms with Gasteiger partial charge in [-0.1, -0.05) is 45.0 Å². The van der Waals surface area contributed by atoms with Crippen LogP contribution in [0.25, 0.3) is 0 Å². The first-order chi connectivity index (χ1) is 9.30. The molecule has 1 aromatic carbocycles. The normalized spacial score (nSPS) is 12.3. The number of aryl methyl sites for hydroxylation is 1. The summed E-state index contributed by atoms with van der Waals surface area (Å²) in [7, 11) is 0. The Morgan fingerprint density at radius 3 is 2.55 bits per heavy atom. The van der Waals surface area contributed by atoms with E-state index >= 15 is 0 Å². The summed E-state index contributed by atoms with van der Waals surface area (Å²) >= 11 is 1.61. The molecule has 0 bridgehead atoms. The third kappa shape index (κ3) is 5.78. The Balaban J connectivity index is 2.36. The van der Waals surface area contributed by atoms with Crippen molar-refractivity contribution in [2.45, 2.75) is 40.4 Å². The van der Waals surface area contributed by atoms with E-state index in [0.717, 1.165) is 11.5 Å². The van der Waals surface area contributed by atoms with E-state index in [0.29, 0.717) is 5.75 Å². The first-order valence-electron chi connectivity index (χ1n) is 6.76. The van der Waals surface area contributed by atoms with Crippen LogP contribution in [0.2, 0.25) is 0 Å². The van der Waals surface area contributed by atoms with Crippen LogP contribution in [0.3, 0.4) is 0 Å². The van der Waals surface area contributed by atoms with Crippen LogP contribution in [0.15, 0.2) is 29.4 Å². The molecule has 1 aromatic rings. The van der Waals surface area contributed by atoms with Crippen molar-refractivity contribution in [2.75, 3.05) is 5.75 Å². The number of carbonyl (C=O) groups excluding carboxylic acids is 1. The molecule has 0 fully saturated rings. The van der Waals surface area contributed by atoms with Gasteiger partial charge < -0.3 is 0 Å². The number of hydrogen-bond donors (Lipinski definition) is 1. The van der Waals surface area contributed by atoms with Gasteiger partial charge in [0.2, 0.25) is 5.91 Å². The molecular formula is C16H24N2OS. The van der Waals surface area contributed by atoms with Crippen LogP contribution < -0.4 is 5.43 Å². The van der Waals surface area contributed by atoms with E-state index in [9.17, 15) is 4.79 Å². The molecule has 0 spiro atoms. The smallest absolute Gasteiger partial charge is 0.250 e. The number of rotatable bonds is 5. The average Bonchev–Trinajstić information content (AvgIpc) is 2.37. The van der Waals surface area contributed by atoms with Crippen LogP contribution in [0, 0.1) is 12.3 Å². The highest BCUT2D eigenvalue weighted by atomic mass is 32.2. The molecule has 1 N–H and O–H groups in total. The number of thioether (sulfide) groups is 1. The van der Waals surface area contributed by atoms with Crippen LogP contribution in [-0.4, -0.2) is 17.4 Å². The Kier molecular flexibility index (Phi) is 6.27. The van der Waals surface area contributed by atoms with Gasteiger partial charge in [-0.05, 0) is 25.0 Å². The fraction of sp³-hybridized carbons (Fsp3) is 0.500. The Labute approximate surface area is 126 Å². The summed E-state index contributed by atoms with van der Waals surface area (Å²) in [5.74, 6) is 1.23. The zero-order valence-corrected chi connectivity index (χ0v) is 13.8. The summed E-state index contributed by atoms with van der Waals surface area (Å²) in [6.07, 6.45) is 0. The maximum atomic E-state index is 11.7. The van der Waals surface area contributed by atoms with E-state index in [1.165, 1.54) is 11.1 Å². The molecule has 0 unspecified atom stereocenters. The van der Waals surface area contributed by atoms with Crippen molar-refractivity contribution in [1.82, 2.24) is 5.43 Å². The van der Waals surface area contributed by atoms with Gasteiger partial charge in [0.05, 0.1) is 5.75 Å². The number of hydrogen-bond acceptors (Lipinski definition) is 3. The molecule has 0 aliphatic rings. The van der Waals surface area contributed by atoms with Crippen molar-refractivity contribution in [2.24, 2.45) is 10.5 Å². The molecule has 1 rings (SSSR count). The Bertz CT molecular complexity index is 489. The highest BCUT2D eigenvalue weighted by Gasteiger charge is 2.14. The van der Waals surface area contributed by atoms with Crippen LogP contribution in [0.4, 0.5) is 0 Å². The second-order valence-electron chi connectivity index (χ2n) is 5.90. The van der Waals surface area contributed by atoms with E-state index in [2.05, 4.69) is 50.4 Å². The van der Waals surface area contributed by atoms with Gasteiger partial charge in [-0.2, -0.15) is 5.10 Å². The molecule has 0 atom stereocenters. The Hall–Kier alpha value is -1.29. The van der Waals surface area contributed by atoms with Crippen molar-refractivity contribution in [3.63, 3.8) is 0 Å². The van der Waals surface area contributed by atoms with Gasteiger partial charge in [0.15, 0.2) is 0 Å². The number of nitrogens with one attached hydrogen (secondary N) is 1. The molecule has 0 aliphatic carbocycles. The van der Waals surface area contributed by atoms with Crippen LogP contribution in [-0.2, 0) is 10.5 Å². The zero-order chi connectivity index (χ0) is 15.2. The molecule has 0 radical (unpaired) electrons. The lowest BCUT2D eigenvalue weighted by molar-refractivity contribution is -0.118. The number of carbonyl (C=O) groups is 1. The van der Waals surface area contributed by atoms with Gasteiger partial charge in [-0.25, -0.2) is 5.43 Å². The van der Waals surface area contributed by atoms with Crippen LogP contribution in [0.5, 0.6) is 0 Å². The predicted octanol–water partition coefficient (Wildman–Crippen LogP) is 3.77. The van der Waals surface area contributed by atoms with E-state index in [-0.39, 0.29) is 11.3 Å². The Morgan fingerprint density at radius 2 is 1.95 bits per heavy atom. The molecule has 20 heavy (non-hydrogen) atoms. The highest BCUT2D eigenvalue weighted by molar-refractivity contribution is 7.99. The summed E-state index contributed by atoms with van der Waals surface area (Å²) in [4.78, 5) is 11.7. The molecule has 110 valence electrons. The first-order valence-corrected chi connectivity index (χ1v) is 7.92. The first kappa shape index (κ1) is 16.8. The van der Waals surface area contributed by atoms with Gasteiger partial charge >= 0.3 is 0 Å². The van der Waals surface area contributed by atoms with Crippen molar-refractivity contribution < 1.29 is 4.79 Å². The summed E-state index contributed by atoms with van der Waals surface area (Å²) in [6, 6.07) is 8.25.